The molecule has 0 aliphatic carbocycles. The summed E-state index contributed by atoms with van der Waals surface area (Å²) >= 11 is 0. The Morgan fingerprint density at radius 3 is 0.976 bits per heavy atom. The lowest BCUT2D eigenvalue weighted by molar-refractivity contribution is 0.250. The lowest BCUT2D eigenvalue weighted by Gasteiger charge is -2.09. The number of aliphatic hydroxyl groups is 2. The normalized spacial score (nSPS) is 14.6. The number of hydrogen-bond acceptors (Lipinski definition) is 6. The van der Waals surface area contributed by atoms with Crippen LogP contribution < -0.4 is 0 Å². The lowest BCUT2D eigenvalue weighted by atomic mass is 9.98. The van der Waals surface area contributed by atoms with Crippen molar-refractivity contribution in [3.8, 4) is 0 Å². The number of hydrogen-bond donors (Lipinski definition) is 2. The van der Waals surface area contributed by atoms with Crippen LogP contribution in [0.25, 0.3) is 0 Å². The van der Waals surface area contributed by atoms with E-state index in [0.29, 0.717) is 11.8 Å². The number of benzene rings is 4. The summed E-state index contributed by atoms with van der Waals surface area (Å²) in [6.07, 6.45) is 6.99. The predicted molar refractivity (Wildman–Crippen MR) is 176 cm³/mol. The van der Waals surface area contributed by atoms with Crippen molar-refractivity contribution in [1.29, 1.82) is 0 Å². The molecular weight excluding hydrogens is 520 g/mol. The molecule has 0 aliphatic rings. The van der Waals surface area contributed by atoms with Crippen molar-refractivity contribution in [3.05, 3.63) is 144 Å². The number of aliphatic hydroxyl groups excluding tert-OH is 2. The van der Waals surface area contributed by atoms with Crippen LogP contribution in [0.2, 0.25) is 0 Å². The van der Waals surface area contributed by atoms with E-state index in [1.54, 1.807) is 24.3 Å². The van der Waals surface area contributed by atoms with Crippen LogP contribution in [0.4, 0.5) is 0 Å². The van der Waals surface area contributed by atoms with E-state index in [-0.39, 0.29) is 0 Å². The topological polar surface area (TPSA) is 89.9 Å². The van der Waals surface area contributed by atoms with Gasteiger partial charge >= 0.3 is 0 Å². The van der Waals surface area contributed by atoms with E-state index in [1.165, 1.54) is 23.6 Å². The fourth-order valence-electron chi connectivity index (χ4n) is 4.17. The zero-order valence-electron chi connectivity index (χ0n) is 24.3. The van der Waals surface area contributed by atoms with Gasteiger partial charge in [-0.2, -0.15) is 20.4 Å². The molecule has 4 rings (SSSR count). The third kappa shape index (κ3) is 11.2. The Kier molecular flexibility index (Phi) is 14.3. The average Bonchev–Trinajstić information content (AvgIpc) is 3.06. The van der Waals surface area contributed by atoms with Crippen LogP contribution in [0.1, 0.15) is 73.0 Å². The largest absolute Gasteiger partial charge is 0.383 e. The van der Waals surface area contributed by atoms with Crippen molar-refractivity contribution in [2.75, 3.05) is 0 Å². The molecule has 4 aromatic rings. The molecular formula is C36H40N4O2. The quantitative estimate of drug-likeness (QED) is 0.136. The molecule has 2 N–H and O–H groups in total. The summed E-state index contributed by atoms with van der Waals surface area (Å²) in [5.41, 5.74) is 4.07. The molecule has 0 aliphatic heterocycles. The summed E-state index contributed by atoms with van der Waals surface area (Å²) in [5.74, 6) is 0.658. The molecule has 4 aromatic carbocycles. The van der Waals surface area contributed by atoms with Gasteiger partial charge in [0.1, 0.15) is 12.2 Å². The van der Waals surface area contributed by atoms with Crippen molar-refractivity contribution in [2.24, 2.45) is 20.4 Å². The molecule has 0 spiro atoms. The van der Waals surface area contributed by atoms with E-state index < -0.39 is 12.2 Å². The van der Waals surface area contributed by atoms with Crippen LogP contribution in [0.5, 0.6) is 0 Å². The van der Waals surface area contributed by atoms with E-state index in [9.17, 15) is 10.2 Å². The second-order valence-corrected chi connectivity index (χ2v) is 9.62. The van der Waals surface area contributed by atoms with Gasteiger partial charge in [0.05, 0.1) is 12.4 Å². The van der Waals surface area contributed by atoms with Gasteiger partial charge in [-0.1, -0.05) is 135 Å². The first-order valence-corrected chi connectivity index (χ1v) is 14.3. The minimum atomic E-state index is -0.804. The number of rotatable bonds is 12. The van der Waals surface area contributed by atoms with Gasteiger partial charge < -0.3 is 10.2 Å². The van der Waals surface area contributed by atoms with Gasteiger partial charge in [0.25, 0.3) is 0 Å². The van der Waals surface area contributed by atoms with Gasteiger partial charge in [0.2, 0.25) is 0 Å². The van der Waals surface area contributed by atoms with Gasteiger partial charge in [0.15, 0.2) is 0 Å². The van der Waals surface area contributed by atoms with Crippen LogP contribution in [0.15, 0.2) is 142 Å². The van der Waals surface area contributed by atoms with Gasteiger partial charge in [-0.15, -0.1) is 0 Å². The smallest absolute Gasteiger partial charge is 0.116 e. The second-order valence-electron chi connectivity index (χ2n) is 9.62. The second kappa shape index (κ2) is 18.8. The first-order valence-electron chi connectivity index (χ1n) is 14.3. The molecule has 0 saturated carbocycles. The highest BCUT2D eigenvalue weighted by Crippen LogP contribution is 2.18. The Balaban J connectivity index is 0.000000231. The van der Waals surface area contributed by atoms with Crippen LogP contribution in [-0.4, -0.2) is 35.1 Å². The summed E-state index contributed by atoms with van der Waals surface area (Å²) in [4.78, 5) is 0. The molecule has 42 heavy (non-hydrogen) atoms. The highest BCUT2D eigenvalue weighted by molar-refractivity contribution is 5.71. The maximum Gasteiger partial charge on any atom is 0.116 e. The first-order chi connectivity index (χ1) is 20.6. The van der Waals surface area contributed by atoms with Crippen LogP contribution in [0.3, 0.4) is 0 Å². The molecule has 0 bridgehead atoms. The van der Waals surface area contributed by atoms with E-state index >= 15 is 0 Å². The Labute approximate surface area is 249 Å². The fourth-order valence-corrected chi connectivity index (χ4v) is 4.17. The maximum absolute atomic E-state index is 9.82. The van der Waals surface area contributed by atoms with E-state index in [1.807, 2.05) is 61.0 Å². The molecule has 0 amide bonds. The summed E-state index contributed by atoms with van der Waals surface area (Å²) < 4.78 is 0. The third-order valence-corrected chi connectivity index (χ3v) is 6.66. The van der Waals surface area contributed by atoms with Crippen molar-refractivity contribution < 1.29 is 10.2 Å². The molecule has 216 valence electrons. The van der Waals surface area contributed by atoms with Crippen LogP contribution in [0, 0.1) is 0 Å². The maximum atomic E-state index is 9.82. The highest BCUT2D eigenvalue weighted by Gasteiger charge is 2.07. The molecule has 0 unspecified atom stereocenters. The highest BCUT2D eigenvalue weighted by atomic mass is 16.3. The van der Waals surface area contributed by atoms with Crippen LogP contribution in [-0.2, 0) is 0 Å². The summed E-state index contributed by atoms with van der Waals surface area (Å²) in [7, 11) is 0. The summed E-state index contributed by atoms with van der Waals surface area (Å²) in [6, 6.07) is 39.3. The molecule has 0 saturated heterocycles. The van der Waals surface area contributed by atoms with Gasteiger partial charge in [-0.3, -0.25) is 0 Å². The zero-order chi connectivity index (χ0) is 29.8. The molecule has 6 nitrogen and oxygen atoms in total. The van der Waals surface area contributed by atoms with Gasteiger partial charge in [-0.05, 0) is 35.1 Å². The molecule has 0 heterocycles. The Hall–Kier alpha value is -4.52. The van der Waals surface area contributed by atoms with Crippen molar-refractivity contribution in [3.63, 3.8) is 0 Å². The standard InChI is InChI=1S/C20H24N2.C16H16N2O2/c1-3-17(19-11-7-5-8-12-19)15-21-22-16-18(4-2)20-13-9-6-10-14-20;19-15(13-7-3-1-4-8-13)11-17-18-12-16(20)14-9-5-2-6-10-14/h5-18H,3-4H2,1-2H3;1-12,15-16,19-20H/b21-15+,22-16+;17-11+,18-12+/t17-,18-;15-,16-/m11/s1. The van der Waals surface area contributed by atoms with Crippen molar-refractivity contribution in [1.82, 2.24) is 0 Å². The minimum absolute atomic E-state index is 0.329. The van der Waals surface area contributed by atoms with Crippen LogP contribution >= 0.6 is 0 Å². The van der Waals surface area contributed by atoms with Gasteiger partial charge in [0, 0.05) is 24.3 Å². The predicted octanol–water partition coefficient (Wildman–Crippen LogP) is 7.94. The Morgan fingerprint density at radius 2 is 0.690 bits per heavy atom. The molecule has 0 aromatic heterocycles. The van der Waals surface area contributed by atoms with E-state index in [0.717, 1.165) is 24.0 Å². The molecule has 0 radical (unpaired) electrons. The summed E-state index contributed by atoms with van der Waals surface area (Å²) in [6.45, 7) is 4.35. The molecule has 0 fully saturated rings. The zero-order valence-corrected chi connectivity index (χ0v) is 24.3. The SMILES string of the molecule is CC[C@H](/C=N/N=C/[C@@H](CC)c1ccccc1)c1ccccc1.O[C@H](/C=N/N=C/[C@@H](O)c1ccccc1)c1ccccc1. The summed E-state index contributed by atoms with van der Waals surface area (Å²) in [5, 5.41) is 35.7. The van der Waals surface area contributed by atoms with E-state index in [4.69, 9.17) is 0 Å². The Bertz CT molecular complexity index is 1270. The van der Waals surface area contributed by atoms with Gasteiger partial charge in [-0.25, -0.2) is 0 Å². The van der Waals surface area contributed by atoms with Crippen molar-refractivity contribution in [2.45, 2.75) is 50.7 Å². The van der Waals surface area contributed by atoms with E-state index in [2.05, 4.69) is 82.8 Å². The average molecular weight is 561 g/mol. The molecule has 6 heteroatoms. The minimum Gasteiger partial charge on any atom is -0.383 e. The first kappa shape index (κ1) is 32.0. The molecule has 4 atom stereocenters. The van der Waals surface area contributed by atoms with Crippen molar-refractivity contribution >= 4 is 24.9 Å². The monoisotopic (exact) mass is 560 g/mol. The fraction of sp³-hybridized carbons (Fsp3) is 0.222. The lowest BCUT2D eigenvalue weighted by Crippen LogP contribution is -1.99. The number of nitrogens with zero attached hydrogens (tertiary/aromatic N) is 4. The third-order valence-electron chi connectivity index (χ3n) is 6.66. The Morgan fingerprint density at radius 1 is 0.429 bits per heavy atom.